The highest BCUT2D eigenvalue weighted by atomic mass is 32.1. The van der Waals surface area contributed by atoms with Crippen molar-refractivity contribution >= 4 is 11.5 Å². The second kappa shape index (κ2) is 5.70. The summed E-state index contributed by atoms with van der Waals surface area (Å²) in [6.45, 7) is 3.87. The molecule has 2 heterocycles. The molecule has 0 saturated carbocycles. The van der Waals surface area contributed by atoms with Gasteiger partial charge in [0.25, 0.3) is 0 Å². The van der Waals surface area contributed by atoms with Gasteiger partial charge in [-0.3, -0.25) is 0 Å². The third kappa shape index (κ3) is 2.78. The molecule has 16 heavy (non-hydrogen) atoms. The van der Waals surface area contributed by atoms with Gasteiger partial charge >= 0.3 is 0 Å². The first-order valence-electron chi connectivity index (χ1n) is 5.85. The number of rotatable bonds is 4. The van der Waals surface area contributed by atoms with Crippen molar-refractivity contribution in [2.45, 2.75) is 32.2 Å². The Labute approximate surface area is 101 Å². The van der Waals surface area contributed by atoms with Crippen LogP contribution in [0, 0.1) is 12.8 Å². The van der Waals surface area contributed by atoms with Gasteiger partial charge in [-0.15, -0.1) is 5.10 Å². The molecule has 1 fully saturated rings. The Balaban J connectivity index is 1.97. The summed E-state index contributed by atoms with van der Waals surface area (Å²) in [6.07, 6.45) is 3.54. The van der Waals surface area contributed by atoms with Gasteiger partial charge in [-0.2, -0.15) is 0 Å². The van der Waals surface area contributed by atoms with Crippen molar-refractivity contribution in [3.05, 3.63) is 10.6 Å². The van der Waals surface area contributed by atoms with Crippen molar-refractivity contribution in [1.82, 2.24) is 14.9 Å². The Hall–Kier alpha value is -0.520. The van der Waals surface area contributed by atoms with Crippen LogP contribution in [0.1, 0.15) is 35.9 Å². The molecule has 0 radical (unpaired) electrons. The molecule has 1 aliphatic heterocycles. The number of nitrogens with one attached hydrogen (secondary N) is 1. The lowest BCUT2D eigenvalue weighted by Crippen LogP contribution is -2.23. The third-order valence-electron chi connectivity index (χ3n) is 3.26. The molecule has 1 saturated heterocycles. The summed E-state index contributed by atoms with van der Waals surface area (Å²) in [4.78, 5) is 1.29. The Morgan fingerprint density at radius 3 is 2.81 bits per heavy atom. The van der Waals surface area contributed by atoms with Gasteiger partial charge in [0.1, 0.15) is 0 Å². The predicted molar refractivity (Wildman–Crippen MR) is 64.6 cm³/mol. The van der Waals surface area contributed by atoms with Gasteiger partial charge in [-0.25, -0.2) is 0 Å². The molecule has 1 N–H and O–H groups in total. The molecule has 2 rings (SSSR count). The fraction of sp³-hybridized carbons (Fsp3) is 0.818. The van der Waals surface area contributed by atoms with Crippen LogP contribution in [-0.2, 0) is 4.74 Å². The van der Waals surface area contributed by atoms with Gasteiger partial charge in [-0.05, 0) is 50.7 Å². The van der Waals surface area contributed by atoms with Crippen LogP contribution >= 0.6 is 11.5 Å². The summed E-state index contributed by atoms with van der Waals surface area (Å²) >= 11 is 1.52. The third-order valence-corrected chi connectivity index (χ3v) is 4.20. The maximum atomic E-state index is 5.39. The van der Waals surface area contributed by atoms with Crippen molar-refractivity contribution in [3.8, 4) is 0 Å². The maximum Gasteiger partial charge on any atom is 0.0772 e. The van der Waals surface area contributed by atoms with Crippen LogP contribution in [0.15, 0.2) is 0 Å². The molecule has 1 unspecified atom stereocenters. The van der Waals surface area contributed by atoms with Crippen molar-refractivity contribution in [2.75, 3.05) is 20.3 Å². The van der Waals surface area contributed by atoms with Gasteiger partial charge in [0.05, 0.1) is 10.6 Å². The zero-order valence-electron chi connectivity index (χ0n) is 9.90. The second-order valence-corrected chi connectivity index (χ2v) is 5.14. The highest BCUT2D eigenvalue weighted by Gasteiger charge is 2.22. The lowest BCUT2D eigenvalue weighted by atomic mass is 9.91. The van der Waals surface area contributed by atoms with Gasteiger partial charge in [-0.1, -0.05) is 4.49 Å². The lowest BCUT2D eigenvalue weighted by molar-refractivity contribution is 0.0609. The molecule has 0 spiro atoms. The van der Waals surface area contributed by atoms with Crippen LogP contribution in [0.5, 0.6) is 0 Å². The number of hydrogen-bond acceptors (Lipinski definition) is 5. The van der Waals surface area contributed by atoms with Gasteiger partial charge in [0.2, 0.25) is 0 Å². The summed E-state index contributed by atoms with van der Waals surface area (Å²) in [5.74, 6) is 0.771. The fourth-order valence-electron chi connectivity index (χ4n) is 2.23. The Morgan fingerprint density at radius 1 is 1.50 bits per heavy atom. The Bertz CT molecular complexity index is 323. The van der Waals surface area contributed by atoms with E-state index in [2.05, 4.69) is 14.9 Å². The van der Waals surface area contributed by atoms with Gasteiger partial charge in [0.15, 0.2) is 0 Å². The molecule has 1 aromatic rings. The summed E-state index contributed by atoms with van der Waals surface area (Å²) < 4.78 is 9.40. The number of hydrogen-bond donors (Lipinski definition) is 1. The maximum absolute atomic E-state index is 5.39. The van der Waals surface area contributed by atoms with E-state index < -0.39 is 0 Å². The minimum Gasteiger partial charge on any atom is -0.381 e. The zero-order chi connectivity index (χ0) is 11.4. The van der Waals surface area contributed by atoms with Crippen LogP contribution in [0.2, 0.25) is 0 Å². The standard InChI is InChI=1S/C11H19N3OS/c1-8-11(16-14-13-8)10(12-2)7-9-3-5-15-6-4-9/h9-10,12H,3-7H2,1-2H3. The van der Waals surface area contributed by atoms with Crippen LogP contribution in [0.4, 0.5) is 0 Å². The Morgan fingerprint density at radius 2 is 2.25 bits per heavy atom. The van der Waals surface area contributed by atoms with Crippen LogP contribution in [0.25, 0.3) is 0 Å². The molecule has 1 aliphatic rings. The minimum atomic E-state index is 0.406. The van der Waals surface area contributed by atoms with Crippen molar-refractivity contribution in [2.24, 2.45) is 5.92 Å². The SMILES string of the molecule is CNC(CC1CCOCC1)c1snnc1C. The van der Waals surface area contributed by atoms with E-state index >= 15 is 0 Å². The largest absolute Gasteiger partial charge is 0.381 e. The summed E-state index contributed by atoms with van der Waals surface area (Å²) in [6, 6.07) is 0.406. The van der Waals surface area contributed by atoms with E-state index in [1.807, 2.05) is 14.0 Å². The fourth-order valence-corrected chi connectivity index (χ4v) is 2.99. The summed E-state index contributed by atoms with van der Waals surface area (Å²) in [5.41, 5.74) is 1.07. The van der Waals surface area contributed by atoms with E-state index in [0.717, 1.165) is 24.8 Å². The molecular formula is C11H19N3OS. The lowest BCUT2D eigenvalue weighted by Gasteiger charge is -2.25. The van der Waals surface area contributed by atoms with E-state index in [-0.39, 0.29) is 0 Å². The zero-order valence-corrected chi connectivity index (χ0v) is 10.7. The molecule has 4 nitrogen and oxygen atoms in total. The van der Waals surface area contributed by atoms with E-state index in [9.17, 15) is 0 Å². The molecule has 90 valence electrons. The summed E-state index contributed by atoms with van der Waals surface area (Å²) in [7, 11) is 2.02. The van der Waals surface area contributed by atoms with E-state index in [1.165, 1.54) is 35.7 Å². The highest BCUT2D eigenvalue weighted by Crippen LogP contribution is 2.29. The Kier molecular flexibility index (Phi) is 4.26. The van der Waals surface area contributed by atoms with E-state index in [4.69, 9.17) is 4.74 Å². The quantitative estimate of drug-likeness (QED) is 0.875. The first-order chi connectivity index (χ1) is 7.81. The normalized spacial score (nSPS) is 19.9. The second-order valence-electron chi connectivity index (χ2n) is 4.36. The van der Waals surface area contributed by atoms with Crippen molar-refractivity contribution < 1.29 is 4.74 Å². The van der Waals surface area contributed by atoms with Crippen molar-refractivity contribution in [3.63, 3.8) is 0 Å². The van der Waals surface area contributed by atoms with Crippen molar-refractivity contribution in [1.29, 1.82) is 0 Å². The number of aromatic nitrogens is 2. The van der Waals surface area contributed by atoms with E-state index in [1.54, 1.807) is 0 Å². The molecule has 1 atom stereocenters. The van der Waals surface area contributed by atoms with Gasteiger partial charge < -0.3 is 10.1 Å². The first kappa shape index (κ1) is 12.0. The topological polar surface area (TPSA) is 47.0 Å². The average molecular weight is 241 g/mol. The molecule has 5 heteroatoms. The van der Waals surface area contributed by atoms with Crippen LogP contribution in [0.3, 0.4) is 0 Å². The molecule has 0 bridgehead atoms. The molecule has 1 aromatic heterocycles. The highest BCUT2D eigenvalue weighted by molar-refractivity contribution is 7.05. The molecule has 0 aliphatic carbocycles. The monoisotopic (exact) mass is 241 g/mol. The molecule has 0 amide bonds. The smallest absolute Gasteiger partial charge is 0.0772 e. The van der Waals surface area contributed by atoms with E-state index in [0.29, 0.717) is 6.04 Å². The number of aryl methyl sites for hydroxylation is 1. The average Bonchev–Trinajstić information content (AvgIpc) is 2.74. The minimum absolute atomic E-state index is 0.406. The molecular weight excluding hydrogens is 222 g/mol. The molecule has 0 aromatic carbocycles. The van der Waals surface area contributed by atoms with Crippen LogP contribution in [-0.4, -0.2) is 29.8 Å². The van der Waals surface area contributed by atoms with Crippen LogP contribution < -0.4 is 5.32 Å². The van der Waals surface area contributed by atoms with Gasteiger partial charge in [0, 0.05) is 19.3 Å². The predicted octanol–water partition coefficient (Wildman–Crippen LogP) is 1.92. The number of ether oxygens (including phenoxy) is 1. The summed E-state index contributed by atoms with van der Waals surface area (Å²) in [5, 5.41) is 7.46. The number of nitrogens with zero attached hydrogens (tertiary/aromatic N) is 2. The first-order valence-corrected chi connectivity index (χ1v) is 6.62.